The van der Waals surface area contributed by atoms with Crippen molar-refractivity contribution >= 4 is 34.4 Å². The molecule has 0 saturated carbocycles. The highest BCUT2D eigenvalue weighted by molar-refractivity contribution is 5.97. The van der Waals surface area contributed by atoms with E-state index < -0.39 is 23.5 Å². The molecule has 1 heterocycles. The van der Waals surface area contributed by atoms with Gasteiger partial charge in [0, 0.05) is 47.3 Å². The maximum atomic E-state index is 12.9. The molecule has 3 aromatic rings. The molecule has 0 saturated heterocycles. The van der Waals surface area contributed by atoms with E-state index in [9.17, 15) is 19.2 Å². The Kier molecular flexibility index (Phi) is 8.31. The summed E-state index contributed by atoms with van der Waals surface area (Å²) < 4.78 is 21.1. The molecule has 0 aliphatic rings. The molecule has 1 aromatic heterocycles. The Labute approximate surface area is 207 Å². The molecule has 36 heavy (non-hydrogen) atoms. The zero-order valence-corrected chi connectivity index (χ0v) is 20.7. The van der Waals surface area contributed by atoms with Crippen molar-refractivity contribution in [3.05, 3.63) is 64.0 Å². The van der Waals surface area contributed by atoms with Crippen molar-refractivity contribution in [3.63, 3.8) is 0 Å². The maximum Gasteiger partial charge on any atom is 0.336 e. The van der Waals surface area contributed by atoms with Gasteiger partial charge in [-0.25, -0.2) is 9.59 Å². The zero-order chi connectivity index (χ0) is 26.4. The quantitative estimate of drug-likeness (QED) is 0.341. The van der Waals surface area contributed by atoms with E-state index >= 15 is 0 Å². The smallest absolute Gasteiger partial charge is 0.336 e. The minimum atomic E-state index is -0.951. The molecule has 0 aliphatic heterocycles. The number of nitrogens with one attached hydrogen (secondary N) is 2. The third-order valence-corrected chi connectivity index (χ3v) is 5.34. The van der Waals surface area contributed by atoms with E-state index in [0.717, 1.165) is 0 Å². The van der Waals surface area contributed by atoms with Gasteiger partial charge in [0.05, 0.1) is 14.2 Å². The van der Waals surface area contributed by atoms with Gasteiger partial charge >= 0.3 is 11.6 Å². The van der Waals surface area contributed by atoms with Gasteiger partial charge in [-0.2, -0.15) is 0 Å². The van der Waals surface area contributed by atoms with Crippen LogP contribution in [0.3, 0.4) is 0 Å². The van der Waals surface area contributed by atoms with Crippen molar-refractivity contribution in [1.29, 1.82) is 0 Å². The van der Waals surface area contributed by atoms with Gasteiger partial charge in [-0.15, -0.1) is 0 Å². The Morgan fingerprint density at radius 1 is 0.972 bits per heavy atom. The van der Waals surface area contributed by atoms with Crippen LogP contribution in [0.5, 0.6) is 11.5 Å². The van der Waals surface area contributed by atoms with Gasteiger partial charge in [-0.05, 0) is 30.2 Å². The molecule has 2 N–H and O–H groups in total. The highest BCUT2D eigenvalue weighted by Crippen LogP contribution is 2.24. The molecule has 0 fully saturated rings. The molecule has 10 heteroatoms. The van der Waals surface area contributed by atoms with Gasteiger partial charge < -0.3 is 29.3 Å². The number of esters is 1. The van der Waals surface area contributed by atoms with Crippen LogP contribution < -0.4 is 25.7 Å². The van der Waals surface area contributed by atoms with Gasteiger partial charge in [0.25, 0.3) is 5.91 Å². The van der Waals surface area contributed by atoms with Crippen LogP contribution in [0.1, 0.15) is 36.7 Å². The van der Waals surface area contributed by atoms with E-state index in [1.807, 2.05) is 0 Å². The summed E-state index contributed by atoms with van der Waals surface area (Å²) >= 11 is 0. The van der Waals surface area contributed by atoms with Crippen molar-refractivity contribution in [2.24, 2.45) is 5.92 Å². The fourth-order valence-corrected chi connectivity index (χ4v) is 3.53. The average molecular weight is 497 g/mol. The first-order valence-electron chi connectivity index (χ1n) is 11.2. The van der Waals surface area contributed by atoms with Crippen molar-refractivity contribution in [2.75, 3.05) is 19.5 Å². The predicted molar refractivity (Wildman–Crippen MR) is 132 cm³/mol. The SMILES string of the molecule is COc1cc(OC)cc(C(=O)N[C@H](C(=O)OCc2cc(=O)oc3cc(NC(C)=O)ccc23)C(C)C)c1. The third-order valence-electron chi connectivity index (χ3n) is 5.34. The van der Waals surface area contributed by atoms with Crippen molar-refractivity contribution in [2.45, 2.75) is 33.4 Å². The second kappa shape index (κ2) is 11.4. The van der Waals surface area contributed by atoms with Crippen molar-refractivity contribution in [3.8, 4) is 11.5 Å². The molecule has 0 unspecified atom stereocenters. The van der Waals surface area contributed by atoms with Crippen LogP contribution >= 0.6 is 0 Å². The fourth-order valence-electron chi connectivity index (χ4n) is 3.53. The molecule has 0 spiro atoms. The lowest BCUT2D eigenvalue weighted by Crippen LogP contribution is -2.45. The van der Waals surface area contributed by atoms with Crippen molar-refractivity contribution < 1.29 is 33.0 Å². The third kappa shape index (κ3) is 6.41. The molecule has 3 rings (SSSR count). The number of benzene rings is 2. The summed E-state index contributed by atoms with van der Waals surface area (Å²) in [5.74, 6) is -0.856. The van der Waals surface area contributed by atoms with Crippen LogP contribution in [0.4, 0.5) is 5.69 Å². The number of rotatable bonds is 9. The molecule has 0 bridgehead atoms. The molecule has 2 amide bonds. The van der Waals surface area contributed by atoms with E-state index in [1.165, 1.54) is 45.4 Å². The van der Waals surface area contributed by atoms with Crippen LogP contribution in [-0.4, -0.2) is 38.0 Å². The van der Waals surface area contributed by atoms with Gasteiger partial charge in [-0.1, -0.05) is 13.8 Å². The zero-order valence-electron chi connectivity index (χ0n) is 20.7. The first kappa shape index (κ1) is 26.3. The summed E-state index contributed by atoms with van der Waals surface area (Å²) in [5, 5.41) is 5.86. The van der Waals surface area contributed by atoms with Crippen LogP contribution in [0.2, 0.25) is 0 Å². The molecular weight excluding hydrogens is 468 g/mol. The van der Waals surface area contributed by atoms with Gasteiger partial charge in [0.15, 0.2) is 0 Å². The highest BCUT2D eigenvalue weighted by atomic mass is 16.5. The molecule has 0 radical (unpaired) electrons. The van der Waals surface area contributed by atoms with Gasteiger partial charge in [-0.3, -0.25) is 9.59 Å². The number of carbonyl (C=O) groups excluding carboxylic acids is 3. The first-order valence-corrected chi connectivity index (χ1v) is 11.2. The minimum absolute atomic E-state index is 0.216. The summed E-state index contributed by atoms with van der Waals surface area (Å²) in [5.41, 5.74) is 0.750. The Bertz CT molecular complexity index is 1320. The lowest BCUT2D eigenvalue weighted by molar-refractivity contribution is -0.148. The van der Waals surface area contributed by atoms with E-state index in [1.54, 1.807) is 32.0 Å². The summed E-state index contributed by atoms with van der Waals surface area (Å²) in [4.78, 5) is 49.2. The predicted octanol–water partition coefficient (Wildman–Crippen LogP) is 3.27. The Hall–Kier alpha value is -4.34. The Morgan fingerprint density at radius 3 is 2.22 bits per heavy atom. The second-order valence-electron chi connectivity index (χ2n) is 8.39. The summed E-state index contributed by atoms with van der Waals surface area (Å²) in [6.07, 6.45) is 0. The van der Waals surface area contributed by atoms with E-state index in [0.29, 0.717) is 28.1 Å². The normalized spacial score (nSPS) is 11.6. The molecular formula is C26H28N2O8. The van der Waals surface area contributed by atoms with E-state index in [2.05, 4.69) is 10.6 Å². The highest BCUT2D eigenvalue weighted by Gasteiger charge is 2.27. The number of hydrogen-bond donors (Lipinski definition) is 2. The van der Waals surface area contributed by atoms with E-state index in [-0.39, 0.29) is 29.6 Å². The number of amides is 2. The topological polar surface area (TPSA) is 133 Å². The molecule has 2 aromatic carbocycles. The van der Waals surface area contributed by atoms with Crippen LogP contribution in [-0.2, 0) is 20.9 Å². The standard InChI is InChI=1S/C26H28N2O8/c1-14(2)24(28-25(31)16-8-19(33-4)12-20(9-16)34-5)26(32)35-13-17-10-23(30)36-22-11-18(27-15(3)29)6-7-21(17)22/h6-12,14,24H,13H2,1-5H3,(H,27,29)(H,28,31)/t24-/m0/s1. The summed E-state index contributed by atoms with van der Waals surface area (Å²) in [6.45, 7) is 4.69. The molecule has 190 valence electrons. The second-order valence-corrected chi connectivity index (χ2v) is 8.39. The number of hydrogen-bond acceptors (Lipinski definition) is 8. The van der Waals surface area contributed by atoms with Gasteiger partial charge in [0.1, 0.15) is 29.7 Å². The lowest BCUT2D eigenvalue weighted by Gasteiger charge is -2.21. The number of fused-ring (bicyclic) bond motifs is 1. The van der Waals surface area contributed by atoms with Crippen LogP contribution in [0, 0.1) is 5.92 Å². The first-order chi connectivity index (χ1) is 17.1. The maximum absolute atomic E-state index is 12.9. The van der Waals surface area contributed by atoms with Crippen LogP contribution in [0.25, 0.3) is 11.0 Å². The minimum Gasteiger partial charge on any atom is -0.497 e. The largest absolute Gasteiger partial charge is 0.497 e. The number of anilines is 1. The van der Waals surface area contributed by atoms with Gasteiger partial charge in [0.2, 0.25) is 5.91 Å². The monoisotopic (exact) mass is 496 g/mol. The lowest BCUT2D eigenvalue weighted by atomic mass is 10.0. The van der Waals surface area contributed by atoms with Crippen molar-refractivity contribution in [1.82, 2.24) is 5.32 Å². The summed E-state index contributed by atoms with van der Waals surface area (Å²) in [7, 11) is 2.94. The van der Waals surface area contributed by atoms with E-state index in [4.69, 9.17) is 18.6 Å². The fraction of sp³-hybridized carbons (Fsp3) is 0.308. The number of methoxy groups -OCH3 is 2. The Morgan fingerprint density at radius 2 is 1.64 bits per heavy atom. The number of carbonyl (C=O) groups is 3. The molecule has 10 nitrogen and oxygen atoms in total. The summed E-state index contributed by atoms with van der Waals surface area (Å²) in [6, 6.07) is 9.80. The Balaban J connectivity index is 1.78. The number of ether oxygens (including phenoxy) is 3. The molecule has 1 atom stereocenters. The average Bonchev–Trinajstić information content (AvgIpc) is 2.84. The molecule has 0 aliphatic carbocycles. The van der Waals surface area contributed by atoms with Crippen LogP contribution in [0.15, 0.2) is 51.7 Å².